The number of nitrogens with zero attached hydrogens (tertiary/aromatic N) is 3. The van der Waals surface area contributed by atoms with Crippen LogP contribution in [0.1, 0.15) is 25.3 Å². The second-order valence-corrected chi connectivity index (χ2v) is 5.36. The highest BCUT2D eigenvalue weighted by Crippen LogP contribution is 2.26. The van der Waals surface area contributed by atoms with Crippen LogP contribution in [0.2, 0.25) is 0 Å². The summed E-state index contributed by atoms with van der Waals surface area (Å²) in [4.78, 5) is 13.0. The van der Waals surface area contributed by atoms with Crippen molar-refractivity contribution < 1.29 is 4.92 Å². The molecule has 6 nitrogen and oxygen atoms in total. The molecule has 1 aromatic rings. The van der Waals surface area contributed by atoms with Crippen molar-refractivity contribution in [1.82, 2.24) is 4.90 Å². The summed E-state index contributed by atoms with van der Waals surface area (Å²) in [7, 11) is 0. The Morgan fingerprint density at radius 1 is 1.48 bits per heavy atom. The summed E-state index contributed by atoms with van der Waals surface area (Å²) in [6.07, 6.45) is 2.21. The number of anilines is 1. The molecule has 0 bridgehead atoms. The maximum Gasteiger partial charge on any atom is 0.292 e. The van der Waals surface area contributed by atoms with Gasteiger partial charge in [-0.1, -0.05) is 6.92 Å². The normalized spacial score (nSPS) is 16.4. The number of nitrogens with one attached hydrogen (secondary N) is 1. The van der Waals surface area contributed by atoms with Crippen LogP contribution in [0.3, 0.4) is 0 Å². The van der Waals surface area contributed by atoms with E-state index in [1.165, 1.54) is 12.1 Å². The van der Waals surface area contributed by atoms with Gasteiger partial charge in [0.2, 0.25) is 0 Å². The predicted molar refractivity (Wildman–Crippen MR) is 81.1 cm³/mol. The molecule has 0 aromatic heterocycles. The molecule has 0 unspecified atom stereocenters. The smallest absolute Gasteiger partial charge is 0.292 e. The van der Waals surface area contributed by atoms with Crippen molar-refractivity contribution in [3.63, 3.8) is 0 Å². The fourth-order valence-corrected chi connectivity index (χ4v) is 2.67. The molecule has 1 aliphatic heterocycles. The van der Waals surface area contributed by atoms with E-state index in [4.69, 9.17) is 5.26 Å². The zero-order chi connectivity index (χ0) is 15.2. The van der Waals surface area contributed by atoms with Crippen molar-refractivity contribution >= 4 is 11.4 Å². The van der Waals surface area contributed by atoms with E-state index in [9.17, 15) is 10.1 Å². The molecule has 1 fully saturated rings. The lowest BCUT2D eigenvalue weighted by Crippen LogP contribution is -2.35. The summed E-state index contributed by atoms with van der Waals surface area (Å²) in [6.45, 7) is 6.13. The van der Waals surface area contributed by atoms with Gasteiger partial charge in [0.05, 0.1) is 16.6 Å². The molecule has 1 aromatic carbocycles. The average Bonchev–Trinajstić information content (AvgIpc) is 2.52. The van der Waals surface area contributed by atoms with Gasteiger partial charge < -0.3 is 10.2 Å². The SMILES string of the molecule is CCN1CCC(CNc2cc(C#N)ccc2[N+](=O)[O-])CC1. The van der Waals surface area contributed by atoms with Crippen LogP contribution in [0.4, 0.5) is 11.4 Å². The van der Waals surface area contributed by atoms with Crippen LogP contribution in [0.5, 0.6) is 0 Å². The Morgan fingerprint density at radius 2 is 2.19 bits per heavy atom. The minimum atomic E-state index is -0.414. The van der Waals surface area contributed by atoms with Crippen molar-refractivity contribution in [1.29, 1.82) is 5.26 Å². The topological polar surface area (TPSA) is 82.2 Å². The van der Waals surface area contributed by atoms with E-state index in [-0.39, 0.29) is 5.69 Å². The van der Waals surface area contributed by atoms with Gasteiger partial charge in [0, 0.05) is 12.6 Å². The van der Waals surface area contributed by atoms with Crippen LogP contribution in [0, 0.1) is 27.4 Å². The number of rotatable bonds is 5. The molecule has 0 aliphatic carbocycles. The Hall–Kier alpha value is -2.13. The standard InChI is InChI=1S/C15H20N4O2/c1-2-18-7-5-12(6-8-18)11-17-14-9-13(10-16)3-4-15(14)19(20)21/h3-4,9,12,17H,2,5-8,11H2,1H3. The third-order valence-electron chi connectivity index (χ3n) is 4.06. The lowest BCUT2D eigenvalue weighted by molar-refractivity contribution is -0.384. The van der Waals surface area contributed by atoms with E-state index < -0.39 is 4.92 Å². The third kappa shape index (κ3) is 3.92. The molecule has 1 aliphatic rings. The van der Waals surface area contributed by atoms with Gasteiger partial charge >= 0.3 is 0 Å². The van der Waals surface area contributed by atoms with Crippen molar-refractivity contribution in [2.45, 2.75) is 19.8 Å². The summed E-state index contributed by atoms with van der Waals surface area (Å²) in [5, 5.41) is 23.1. The van der Waals surface area contributed by atoms with Crippen molar-refractivity contribution in [3.8, 4) is 6.07 Å². The highest BCUT2D eigenvalue weighted by atomic mass is 16.6. The minimum absolute atomic E-state index is 0.0278. The number of hydrogen-bond donors (Lipinski definition) is 1. The zero-order valence-corrected chi connectivity index (χ0v) is 12.2. The Balaban J connectivity index is 1.99. The van der Waals surface area contributed by atoms with Crippen LogP contribution < -0.4 is 5.32 Å². The molecular formula is C15H20N4O2. The Kier molecular flexibility index (Phi) is 5.12. The second kappa shape index (κ2) is 7.04. The molecule has 1 heterocycles. The number of hydrogen-bond acceptors (Lipinski definition) is 5. The van der Waals surface area contributed by atoms with Crippen LogP contribution >= 0.6 is 0 Å². The molecule has 0 spiro atoms. The summed E-state index contributed by atoms with van der Waals surface area (Å²) < 4.78 is 0. The fourth-order valence-electron chi connectivity index (χ4n) is 2.67. The fraction of sp³-hybridized carbons (Fsp3) is 0.533. The number of benzene rings is 1. The molecule has 6 heteroatoms. The van der Waals surface area contributed by atoms with Crippen LogP contribution in [0.25, 0.3) is 0 Å². The zero-order valence-electron chi connectivity index (χ0n) is 12.2. The van der Waals surface area contributed by atoms with Crippen molar-refractivity contribution in [2.75, 3.05) is 31.5 Å². The van der Waals surface area contributed by atoms with Crippen LogP contribution in [0.15, 0.2) is 18.2 Å². The highest BCUT2D eigenvalue weighted by Gasteiger charge is 2.20. The molecule has 2 rings (SSSR count). The number of nitro groups is 1. The lowest BCUT2D eigenvalue weighted by Gasteiger charge is -2.31. The number of nitriles is 1. The largest absolute Gasteiger partial charge is 0.379 e. The lowest BCUT2D eigenvalue weighted by atomic mass is 9.96. The number of nitro benzene ring substituents is 1. The maximum absolute atomic E-state index is 11.0. The van der Waals surface area contributed by atoms with Crippen LogP contribution in [-0.4, -0.2) is 36.0 Å². The van der Waals surface area contributed by atoms with E-state index >= 15 is 0 Å². The summed E-state index contributed by atoms with van der Waals surface area (Å²) in [5.74, 6) is 0.526. The number of piperidine rings is 1. The Morgan fingerprint density at radius 3 is 2.76 bits per heavy atom. The van der Waals surface area contributed by atoms with E-state index in [1.807, 2.05) is 6.07 Å². The maximum atomic E-state index is 11.0. The van der Waals surface area contributed by atoms with E-state index in [1.54, 1.807) is 6.07 Å². The van der Waals surface area contributed by atoms with E-state index in [2.05, 4.69) is 17.1 Å². The van der Waals surface area contributed by atoms with Gasteiger partial charge in [0.15, 0.2) is 0 Å². The molecule has 0 atom stereocenters. The molecule has 1 N–H and O–H groups in total. The molecular weight excluding hydrogens is 268 g/mol. The molecule has 21 heavy (non-hydrogen) atoms. The first kappa shape index (κ1) is 15.3. The quantitative estimate of drug-likeness (QED) is 0.665. The molecule has 0 amide bonds. The average molecular weight is 288 g/mol. The van der Waals surface area contributed by atoms with Gasteiger partial charge in [0.1, 0.15) is 5.69 Å². The van der Waals surface area contributed by atoms with Gasteiger partial charge in [-0.3, -0.25) is 10.1 Å². The first-order chi connectivity index (χ1) is 10.1. The first-order valence-electron chi connectivity index (χ1n) is 7.28. The predicted octanol–water partition coefficient (Wildman–Crippen LogP) is 2.61. The van der Waals surface area contributed by atoms with Gasteiger partial charge in [-0.05, 0) is 50.5 Å². The Labute approximate surface area is 124 Å². The summed E-state index contributed by atoms with van der Waals surface area (Å²) >= 11 is 0. The van der Waals surface area contributed by atoms with Crippen LogP contribution in [-0.2, 0) is 0 Å². The molecule has 0 radical (unpaired) electrons. The van der Waals surface area contributed by atoms with Gasteiger partial charge in [0.25, 0.3) is 5.69 Å². The molecule has 0 saturated carbocycles. The summed E-state index contributed by atoms with van der Waals surface area (Å²) in [6, 6.07) is 6.44. The van der Waals surface area contributed by atoms with Gasteiger partial charge in [-0.25, -0.2) is 0 Å². The molecule has 112 valence electrons. The van der Waals surface area contributed by atoms with E-state index in [0.717, 1.165) is 32.5 Å². The molecule has 1 saturated heterocycles. The number of likely N-dealkylation sites (tertiary alicyclic amines) is 1. The van der Waals surface area contributed by atoms with Crippen molar-refractivity contribution in [2.24, 2.45) is 5.92 Å². The minimum Gasteiger partial charge on any atom is -0.379 e. The third-order valence-corrected chi connectivity index (χ3v) is 4.06. The second-order valence-electron chi connectivity index (χ2n) is 5.36. The van der Waals surface area contributed by atoms with Gasteiger partial charge in [-0.2, -0.15) is 5.26 Å². The Bertz CT molecular complexity index is 545. The van der Waals surface area contributed by atoms with E-state index in [0.29, 0.717) is 23.7 Å². The van der Waals surface area contributed by atoms with Crippen molar-refractivity contribution in [3.05, 3.63) is 33.9 Å². The summed E-state index contributed by atoms with van der Waals surface area (Å²) in [5.41, 5.74) is 0.904. The van der Waals surface area contributed by atoms with Gasteiger partial charge in [-0.15, -0.1) is 0 Å². The highest BCUT2D eigenvalue weighted by molar-refractivity contribution is 5.64. The monoisotopic (exact) mass is 288 g/mol. The first-order valence-corrected chi connectivity index (χ1v) is 7.28.